The highest BCUT2D eigenvalue weighted by atomic mass is 16.2. The van der Waals surface area contributed by atoms with E-state index in [1.54, 1.807) is 17.1 Å². The van der Waals surface area contributed by atoms with E-state index >= 15 is 0 Å². The first kappa shape index (κ1) is 14.1. The van der Waals surface area contributed by atoms with Crippen molar-refractivity contribution in [3.8, 4) is 0 Å². The molecule has 106 valence electrons. The molecule has 1 aromatic heterocycles. The monoisotopic (exact) mass is 264 g/mol. The molecular weight excluding hydrogens is 240 g/mol. The van der Waals surface area contributed by atoms with Crippen LogP contribution in [0.5, 0.6) is 0 Å². The maximum Gasteiger partial charge on any atom is 0.272 e. The number of aryl methyl sites for hydroxylation is 1. The van der Waals surface area contributed by atoms with E-state index < -0.39 is 0 Å². The number of imidazole rings is 1. The minimum Gasteiger partial charge on any atom is -0.336 e. The molecule has 1 aromatic rings. The van der Waals surface area contributed by atoms with Gasteiger partial charge in [-0.15, -0.1) is 0 Å². The molecule has 1 aliphatic rings. The van der Waals surface area contributed by atoms with Crippen molar-refractivity contribution in [2.24, 2.45) is 13.0 Å². The van der Waals surface area contributed by atoms with Crippen LogP contribution < -0.4 is 5.32 Å². The van der Waals surface area contributed by atoms with Crippen molar-refractivity contribution < 1.29 is 4.79 Å². The molecular formula is C14H24N4O. The van der Waals surface area contributed by atoms with Gasteiger partial charge in [0, 0.05) is 26.2 Å². The van der Waals surface area contributed by atoms with Gasteiger partial charge >= 0.3 is 0 Å². The van der Waals surface area contributed by atoms with Gasteiger partial charge < -0.3 is 14.8 Å². The van der Waals surface area contributed by atoms with Gasteiger partial charge in [-0.05, 0) is 25.3 Å². The van der Waals surface area contributed by atoms with Crippen LogP contribution in [0.25, 0.3) is 0 Å². The Bertz CT molecular complexity index is 421. The minimum atomic E-state index is 0.0856. The summed E-state index contributed by atoms with van der Waals surface area (Å²) in [7, 11) is 1.86. The zero-order valence-electron chi connectivity index (χ0n) is 12.1. The molecule has 5 nitrogen and oxygen atoms in total. The quantitative estimate of drug-likeness (QED) is 0.871. The van der Waals surface area contributed by atoms with Gasteiger partial charge in [0.05, 0.1) is 12.5 Å². The highest BCUT2D eigenvalue weighted by molar-refractivity contribution is 5.92. The fourth-order valence-corrected chi connectivity index (χ4v) is 2.58. The Balaban J connectivity index is 2.07. The first-order valence-corrected chi connectivity index (χ1v) is 7.07. The molecule has 2 rings (SSSR count). The van der Waals surface area contributed by atoms with Crippen LogP contribution in [0, 0.1) is 5.92 Å². The molecule has 1 atom stereocenters. The number of nitrogens with zero attached hydrogens (tertiary/aromatic N) is 3. The van der Waals surface area contributed by atoms with E-state index in [0.717, 1.165) is 26.1 Å². The second-order valence-electron chi connectivity index (χ2n) is 5.79. The summed E-state index contributed by atoms with van der Waals surface area (Å²) in [5.74, 6) is 0.556. The first-order chi connectivity index (χ1) is 9.08. The van der Waals surface area contributed by atoms with Crippen LogP contribution in [-0.4, -0.2) is 46.0 Å². The van der Waals surface area contributed by atoms with E-state index in [1.165, 1.54) is 6.42 Å². The summed E-state index contributed by atoms with van der Waals surface area (Å²) in [6, 6.07) is 0.441. The molecule has 19 heavy (non-hydrogen) atoms. The van der Waals surface area contributed by atoms with Gasteiger partial charge in [0.15, 0.2) is 0 Å². The molecule has 1 fully saturated rings. The highest BCUT2D eigenvalue weighted by Gasteiger charge is 2.24. The van der Waals surface area contributed by atoms with Crippen LogP contribution in [-0.2, 0) is 7.05 Å². The summed E-state index contributed by atoms with van der Waals surface area (Å²) >= 11 is 0. The number of aromatic nitrogens is 2. The van der Waals surface area contributed by atoms with Crippen molar-refractivity contribution in [1.29, 1.82) is 0 Å². The molecule has 1 amide bonds. The molecule has 0 radical (unpaired) electrons. The standard InChI is InChI=1S/C14H24N4O/c1-11(2)8-18(9-12-5-4-6-16-12)14(19)13-7-15-10-17(13)3/h7,10-12,16H,4-6,8-9H2,1-3H3. The number of nitrogens with one attached hydrogen (secondary N) is 1. The van der Waals surface area contributed by atoms with Gasteiger partial charge in [0.1, 0.15) is 5.69 Å². The number of carbonyl (C=O) groups excluding carboxylic acids is 1. The summed E-state index contributed by atoms with van der Waals surface area (Å²) in [6.07, 6.45) is 5.69. The van der Waals surface area contributed by atoms with Crippen molar-refractivity contribution in [3.05, 3.63) is 18.2 Å². The lowest BCUT2D eigenvalue weighted by Crippen LogP contribution is -2.43. The van der Waals surface area contributed by atoms with Crippen molar-refractivity contribution in [1.82, 2.24) is 19.8 Å². The van der Waals surface area contributed by atoms with Crippen LogP contribution >= 0.6 is 0 Å². The summed E-state index contributed by atoms with van der Waals surface area (Å²) in [5.41, 5.74) is 0.665. The first-order valence-electron chi connectivity index (χ1n) is 7.07. The number of rotatable bonds is 5. The Kier molecular flexibility index (Phi) is 4.58. The third-order valence-electron chi connectivity index (χ3n) is 3.51. The van der Waals surface area contributed by atoms with Gasteiger partial charge in [-0.2, -0.15) is 0 Å². The summed E-state index contributed by atoms with van der Waals surface area (Å²) < 4.78 is 1.79. The van der Waals surface area contributed by atoms with Crippen LogP contribution in [0.1, 0.15) is 37.2 Å². The molecule has 1 aliphatic heterocycles. The predicted octanol–water partition coefficient (Wildman–Crippen LogP) is 1.27. The fraction of sp³-hybridized carbons (Fsp3) is 0.714. The fourth-order valence-electron chi connectivity index (χ4n) is 2.58. The van der Waals surface area contributed by atoms with E-state index in [0.29, 0.717) is 17.7 Å². The summed E-state index contributed by atoms with van der Waals surface area (Å²) in [4.78, 5) is 18.6. The van der Waals surface area contributed by atoms with Crippen LogP contribution in [0.3, 0.4) is 0 Å². The van der Waals surface area contributed by atoms with E-state index in [2.05, 4.69) is 24.1 Å². The van der Waals surface area contributed by atoms with Gasteiger partial charge in [0.25, 0.3) is 5.91 Å². The second-order valence-corrected chi connectivity index (χ2v) is 5.79. The average Bonchev–Trinajstić information content (AvgIpc) is 2.98. The molecule has 1 saturated heterocycles. The summed E-state index contributed by atoms with van der Waals surface area (Å²) in [5, 5.41) is 3.46. The molecule has 1 N–H and O–H groups in total. The maximum absolute atomic E-state index is 12.6. The molecule has 0 aliphatic carbocycles. The van der Waals surface area contributed by atoms with Crippen molar-refractivity contribution in [2.75, 3.05) is 19.6 Å². The number of amides is 1. The lowest BCUT2D eigenvalue weighted by atomic mass is 10.1. The van der Waals surface area contributed by atoms with Crippen LogP contribution in [0.15, 0.2) is 12.5 Å². The van der Waals surface area contributed by atoms with E-state index in [1.807, 2.05) is 11.9 Å². The van der Waals surface area contributed by atoms with Gasteiger partial charge in [-0.3, -0.25) is 4.79 Å². The minimum absolute atomic E-state index is 0.0856. The molecule has 0 spiro atoms. The topological polar surface area (TPSA) is 50.2 Å². The van der Waals surface area contributed by atoms with E-state index in [4.69, 9.17) is 0 Å². The van der Waals surface area contributed by atoms with Crippen molar-refractivity contribution >= 4 is 5.91 Å². The van der Waals surface area contributed by atoms with Crippen molar-refractivity contribution in [2.45, 2.75) is 32.7 Å². The molecule has 0 saturated carbocycles. The highest BCUT2D eigenvalue weighted by Crippen LogP contribution is 2.12. The van der Waals surface area contributed by atoms with E-state index in [-0.39, 0.29) is 5.91 Å². The second kappa shape index (κ2) is 6.19. The third kappa shape index (κ3) is 3.56. The Morgan fingerprint density at radius 2 is 2.42 bits per heavy atom. The van der Waals surface area contributed by atoms with Gasteiger partial charge in [-0.25, -0.2) is 4.98 Å². The number of hydrogen-bond donors (Lipinski definition) is 1. The largest absolute Gasteiger partial charge is 0.336 e. The zero-order valence-corrected chi connectivity index (χ0v) is 12.1. The van der Waals surface area contributed by atoms with Gasteiger partial charge in [0.2, 0.25) is 0 Å². The molecule has 0 bridgehead atoms. The molecule has 1 unspecified atom stereocenters. The Hall–Kier alpha value is -1.36. The van der Waals surface area contributed by atoms with Crippen molar-refractivity contribution in [3.63, 3.8) is 0 Å². The van der Waals surface area contributed by atoms with Crippen LogP contribution in [0.4, 0.5) is 0 Å². The van der Waals surface area contributed by atoms with E-state index in [9.17, 15) is 4.79 Å². The summed E-state index contributed by atoms with van der Waals surface area (Å²) in [6.45, 7) is 6.95. The lowest BCUT2D eigenvalue weighted by molar-refractivity contribution is 0.0711. The zero-order chi connectivity index (χ0) is 13.8. The average molecular weight is 264 g/mol. The molecule has 2 heterocycles. The Morgan fingerprint density at radius 1 is 1.63 bits per heavy atom. The Morgan fingerprint density at radius 3 is 2.95 bits per heavy atom. The van der Waals surface area contributed by atoms with Gasteiger partial charge in [-0.1, -0.05) is 13.8 Å². The SMILES string of the molecule is CC(C)CN(CC1CCCN1)C(=O)c1cncn1C. The molecule has 5 heteroatoms. The molecule has 0 aromatic carbocycles. The normalized spacial score (nSPS) is 19.1. The number of carbonyl (C=O) groups is 1. The lowest BCUT2D eigenvalue weighted by Gasteiger charge is -2.27. The maximum atomic E-state index is 12.6. The van der Waals surface area contributed by atoms with Crippen LogP contribution in [0.2, 0.25) is 0 Å². The predicted molar refractivity (Wildman–Crippen MR) is 75.0 cm³/mol. The smallest absolute Gasteiger partial charge is 0.272 e. The Labute approximate surface area is 115 Å². The number of hydrogen-bond acceptors (Lipinski definition) is 3. The third-order valence-corrected chi connectivity index (χ3v) is 3.51.